The molecule has 28 heavy (non-hydrogen) atoms. The van der Waals surface area contributed by atoms with Crippen LogP contribution in [0.1, 0.15) is 60.5 Å². The lowest BCUT2D eigenvalue weighted by atomic mass is 9.96. The van der Waals surface area contributed by atoms with Gasteiger partial charge in [0, 0.05) is 17.9 Å². The number of carbonyl (C=O) groups excluding carboxylic acids is 1. The van der Waals surface area contributed by atoms with Crippen LogP contribution in [0.15, 0.2) is 64.4 Å². The molecule has 146 valence electrons. The van der Waals surface area contributed by atoms with Gasteiger partial charge in [0.05, 0.1) is 12.7 Å². The van der Waals surface area contributed by atoms with Gasteiger partial charge in [0.1, 0.15) is 0 Å². The van der Waals surface area contributed by atoms with Crippen molar-refractivity contribution in [1.82, 2.24) is 4.98 Å². The van der Waals surface area contributed by atoms with Gasteiger partial charge in [0.15, 0.2) is 5.76 Å². The number of unbranched alkanes of at least 4 members (excludes halogenated alkanes) is 3. The Labute approximate surface area is 165 Å². The third-order valence-corrected chi connectivity index (χ3v) is 4.99. The Morgan fingerprint density at radius 3 is 2.71 bits per heavy atom. The Bertz CT molecular complexity index is 837. The van der Waals surface area contributed by atoms with Crippen molar-refractivity contribution in [2.24, 2.45) is 11.1 Å². The highest BCUT2D eigenvalue weighted by Crippen LogP contribution is 2.25. The van der Waals surface area contributed by atoms with Gasteiger partial charge in [-0.05, 0) is 31.2 Å². The molecule has 1 aliphatic carbocycles. The minimum Gasteiger partial charge on any atom is -0.434 e. The van der Waals surface area contributed by atoms with Gasteiger partial charge in [-0.2, -0.15) is 4.91 Å². The van der Waals surface area contributed by atoms with Gasteiger partial charge >= 0.3 is 0 Å². The van der Waals surface area contributed by atoms with Crippen LogP contribution in [0.2, 0.25) is 0 Å². The number of aromatic nitrogens is 1. The second-order valence-corrected chi connectivity index (χ2v) is 7.18. The molecule has 1 aromatic carbocycles. The number of oxazole rings is 1. The topological polar surface area (TPSA) is 72.5 Å². The largest absolute Gasteiger partial charge is 0.434 e. The first-order valence-electron chi connectivity index (χ1n) is 9.97. The molecule has 1 aliphatic rings. The molecule has 5 heteroatoms. The fourth-order valence-electron chi connectivity index (χ4n) is 3.33. The van der Waals surface area contributed by atoms with E-state index in [1.807, 2.05) is 24.3 Å². The Kier molecular flexibility index (Phi) is 7.47. The summed E-state index contributed by atoms with van der Waals surface area (Å²) in [6.45, 7) is 0.284. The molecular formula is C23H26N2O3. The normalized spacial score (nSPS) is 16.0. The van der Waals surface area contributed by atoms with Gasteiger partial charge in [-0.3, -0.25) is 4.79 Å². The number of ketones is 1. The van der Waals surface area contributed by atoms with Crippen LogP contribution in [0.3, 0.4) is 0 Å². The van der Waals surface area contributed by atoms with E-state index in [9.17, 15) is 9.70 Å². The second kappa shape index (κ2) is 10.5. The first kappa shape index (κ1) is 19.9. The molecule has 0 aliphatic heterocycles. The summed E-state index contributed by atoms with van der Waals surface area (Å²) in [5.74, 6) is 0.884. The molecule has 1 heterocycles. The highest BCUT2D eigenvalue weighted by molar-refractivity contribution is 5.92. The number of allylic oxidation sites excluding steroid dienone is 3. The molecule has 1 aromatic heterocycles. The lowest BCUT2D eigenvalue weighted by Crippen LogP contribution is -2.02. The number of nitrogens with zero attached hydrogens (tertiary/aromatic N) is 2. The number of Topliss-reactive ketones (excluding diaryl/α,β-unsaturated/α-hetero) is 1. The minimum absolute atomic E-state index is 0.0438. The fourth-order valence-corrected chi connectivity index (χ4v) is 3.33. The summed E-state index contributed by atoms with van der Waals surface area (Å²) >= 11 is 0. The number of hydrogen-bond donors (Lipinski definition) is 0. The maximum atomic E-state index is 12.3. The number of nitroso groups, excluding NO2 is 1. The molecular weight excluding hydrogens is 352 g/mol. The fraction of sp³-hybridized carbons (Fsp3) is 0.391. The number of benzene rings is 1. The zero-order valence-electron chi connectivity index (χ0n) is 16.0. The standard InChI is InChI=1S/C23H26N2O3/c26-21(11-7-2-1-4-8-18-9-5-3-6-10-18)23-24-17-22(28-23)20-14-12-19(13-15-20)16-25-27/h3,5-6,9-10,12,14-15,17,19H,1-2,4,7-8,11,13,16H2. The van der Waals surface area contributed by atoms with Crippen LogP contribution in [-0.2, 0) is 6.42 Å². The quantitative estimate of drug-likeness (QED) is 0.282. The molecule has 1 unspecified atom stereocenters. The molecule has 0 N–H and O–H groups in total. The molecule has 3 rings (SSSR count). The molecule has 5 nitrogen and oxygen atoms in total. The van der Waals surface area contributed by atoms with Crippen LogP contribution in [-0.4, -0.2) is 17.3 Å². The van der Waals surface area contributed by atoms with E-state index in [0.717, 1.165) is 44.1 Å². The summed E-state index contributed by atoms with van der Waals surface area (Å²) < 4.78 is 5.65. The number of hydrogen-bond acceptors (Lipinski definition) is 5. The number of aryl methyl sites for hydroxylation is 1. The van der Waals surface area contributed by atoms with Crippen molar-refractivity contribution in [2.75, 3.05) is 6.54 Å². The molecule has 0 saturated carbocycles. The molecule has 0 fully saturated rings. The summed E-state index contributed by atoms with van der Waals surface area (Å²) in [7, 11) is 0. The lowest BCUT2D eigenvalue weighted by Gasteiger charge is -2.11. The van der Waals surface area contributed by atoms with E-state index in [2.05, 4.69) is 34.4 Å². The van der Waals surface area contributed by atoms with E-state index in [4.69, 9.17) is 4.42 Å². The van der Waals surface area contributed by atoms with Gasteiger partial charge in [-0.15, -0.1) is 0 Å². The Morgan fingerprint density at radius 2 is 1.96 bits per heavy atom. The predicted molar refractivity (Wildman–Crippen MR) is 110 cm³/mol. The lowest BCUT2D eigenvalue weighted by molar-refractivity contribution is 0.0945. The molecule has 0 radical (unpaired) electrons. The Balaban J connectivity index is 1.37. The van der Waals surface area contributed by atoms with Crippen molar-refractivity contribution in [3.63, 3.8) is 0 Å². The average molecular weight is 378 g/mol. The Hall–Kier alpha value is -2.82. The molecule has 0 amide bonds. The van der Waals surface area contributed by atoms with Gasteiger partial charge in [-0.1, -0.05) is 66.6 Å². The van der Waals surface area contributed by atoms with E-state index in [-0.39, 0.29) is 24.1 Å². The van der Waals surface area contributed by atoms with Crippen LogP contribution in [0.25, 0.3) is 5.57 Å². The van der Waals surface area contributed by atoms with Gasteiger partial charge < -0.3 is 4.42 Å². The summed E-state index contributed by atoms with van der Waals surface area (Å²) in [4.78, 5) is 26.8. The third kappa shape index (κ3) is 5.84. The van der Waals surface area contributed by atoms with E-state index in [1.54, 1.807) is 6.20 Å². The highest BCUT2D eigenvalue weighted by atomic mass is 16.4. The molecule has 0 spiro atoms. The van der Waals surface area contributed by atoms with Crippen molar-refractivity contribution in [3.05, 3.63) is 76.9 Å². The van der Waals surface area contributed by atoms with Crippen molar-refractivity contribution in [3.8, 4) is 0 Å². The molecule has 0 saturated heterocycles. The minimum atomic E-state index is -0.0438. The summed E-state index contributed by atoms with van der Waals surface area (Å²) in [5.41, 5.74) is 2.26. The SMILES string of the molecule is O=NCC1C=CC(c2cnc(C(=O)CCCCCCc3ccccc3)o2)=CC1. The monoisotopic (exact) mass is 378 g/mol. The Morgan fingerprint density at radius 1 is 1.14 bits per heavy atom. The first-order valence-corrected chi connectivity index (χ1v) is 9.97. The smallest absolute Gasteiger partial charge is 0.263 e. The molecule has 0 bridgehead atoms. The zero-order valence-corrected chi connectivity index (χ0v) is 16.0. The van der Waals surface area contributed by atoms with E-state index in [1.165, 1.54) is 5.56 Å². The average Bonchev–Trinajstić information content (AvgIpc) is 3.22. The van der Waals surface area contributed by atoms with Crippen molar-refractivity contribution in [1.29, 1.82) is 0 Å². The van der Waals surface area contributed by atoms with E-state index < -0.39 is 0 Å². The molecule has 1 atom stereocenters. The summed E-state index contributed by atoms with van der Waals surface area (Å²) in [5, 5.41) is 2.94. The van der Waals surface area contributed by atoms with Crippen LogP contribution in [0.4, 0.5) is 0 Å². The van der Waals surface area contributed by atoms with Crippen molar-refractivity contribution >= 4 is 11.4 Å². The number of carbonyl (C=O) groups is 1. The summed E-state index contributed by atoms with van der Waals surface area (Å²) in [6, 6.07) is 10.5. The highest BCUT2D eigenvalue weighted by Gasteiger charge is 2.16. The van der Waals surface area contributed by atoms with E-state index in [0.29, 0.717) is 12.2 Å². The van der Waals surface area contributed by atoms with Crippen molar-refractivity contribution < 1.29 is 9.21 Å². The third-order valence-electron chi connectivity index (χ3n) is 4.99. The predicted octanol–water partition coefficient (Wildman–Crippen LogP) is 5.78. The van der Waals surface area contributed by atoms with Crippen LogP contribution in [0.5, 0.6) is 0 Å². The van der Waals surface area contributed by atoms with Crippen LogP contribution >= 0.6 is 0 Å². The maximum Gasteiger partial charge on any atom is 0.263 e. The number of rotatable bonds is 11. The van der Waals surface area contributed by atoms with Gasteiger partial charge in [0.25, 0.3) is 5.89 Å². The first-order chi connectivity index (χ1) is 13.8. The van der Waals surface area contributed by atoms with Crippen LogP contribution in [0, 0.1) is 10.8 Å². The van der Waals surface area contributed by atoms with Gasteiger partial charge in [0.2, 0.25) is 5.78 Å². The van der Waals surface area contributed by atoms with Gasteiger partial charge in [-0.25, -0.2) is 4.98 Å². The van der Waals surface area contributed by atoms with E-state index >= 15 is 0 Å². The maximum absolute atomic E-state index is 12.3. The second-order valence-electron chi connectivity index (χ2n) is 7.18. The zero-order chi connectivity index (χ0) is 19.6. The van der Waals surface area contributed by atoms with Crippen LogP contribution < -0.4 is 0 Å². The van der Waals surface area contributed by atoms with Crippen molar-refractivity contribution in [2.45, 2.75) is 44.9 Å². The molecule has 2 aromatic rings. The summed E-state index contributed by atoms with van der Waals surface area (Å²) in [6.07, 6.45) is 13.9.